The van der Waals surface area contributed by atoms with Crippen molar-refractivity contribution in [2.75, 3.05) is 7.11 Å². The van der Waals surface area contributed by atoms with Crippen molar-refractivity contribution in [3.63, 3.8) is 0 Å². The Hall–Kier alpha value is -3.98. The smallest absolute Gasteiger partial charge is 0.337 e. The highest BCUT2D eigenvalue weighted by molar-refractivity contribution is 6.01. The molecular formula is C25H30N4O5. The van der Waals surface area contributed by atoms with E-state index in [1.165, 1.54) is 18.0 Å². The number of amides is 2. The summed E-state index contributed by atoms with van der Waals surface area (Å²) in [4.78, 5) is 36.6. The first-order valence-corrected chi connectivity index (χ1v) is 10.8. The van der Waals surface area contributed by atoms with Crippen LogP contribution in [-0.4, -0.2) is 51.9 Å². The van der Waals surface area contributed by atoms with Crippen molar-refractivity contribution in [1.29, 1.82) is 0 Å². The van der Waals surface area contributed by atoms with Crippen LogP contribution in [0.25, 0.3) is 11.3 Å². The van der Waals surface area contributed by atoms with Gasteiger partial charge in [0.15, 0.2) is 6.10 Å². The molecule has 0 aliphatic carbocycles. The highest BCUT2D eigenvalue weighted by atomic mass is 16.5. The van der Waals surface area contributed by atoms with Gasteiger partial charge in [-0.3, -0.25) is 14.3 Å². The summed E-state index contributed by atoms with van der Waals surface area (Å²) in [5, 5.41) is 17.3. The number of esters is 1. The highest BCUT2D eigenvalue weighted by Gasteiger charge is 2.28. The van der Waals surface area contributed by atoms with Gasteiger partial charge in [-0.1, -0.05) is 56.3 Å². The number of aryl methyl sites for hydroxylation is 1. The molecule has 34 heavy (non-hydrogen) atoms. The molecule has 0 spiro atoms. The average molecular weight is 467 g/mol. The van der Waals surface area contributed by atoms with E-state index in [0.29, 0.717) is 16.8 Å². The van der Waals surface area contributed by atoms with Gasteiger partial charge < -0.3 is 20.9 Å². The minimum absolute atomic E-state index is 0.199. The van der Waals surface area contributed by atoms with E-state index >= 15 is 0 Å². The molecule has 2 aromatic carbocycles. The monoisotopic (exact) mass is 466 g/mol. The van der Waals surface area contributed by atoms with Gasteiger partial charge in [0.1, 0.15) is 5.69 Å². The number of aliphatic hydroxyl groups excluding tert-OH is 1. The number of primary amides is 1. The Balaban J connectivity index is 0.00000199. The fourth-order valence-electron chi connectivity index (χ4n) is 3.33. The van der Waals surface area contributed by atoms with Crippen molar-refractivity contribution in [3.05, 3.63) is 77.5 Å². The molecule has 0 aliphatic heterocycles. The lowest BCUT2D eigenvalue weighted by molar-refractivity contribution is -0.127. The number of carbonyl (C=O) groups excluding carboxylic acids is 3. The Bertz CT molecular complexity index is 1130. The van der Waals surface area contributed by atoms with Gasteiger partial charge >= 0.3 is 5.97 Å². The van der Waals surface area contributed by atoms with Gasteiger partial charge in [0.05, 0.1) is 24.3 Å². The number of aliphatic hydroxyl groups is 1. The molecule has 3 rings (SSSR count). The number of nitrogens with one attached hydrogen (secondary N) is 1. The van der Waals surface area contributed by atoms with Crippen LogP contribution in [0.4, 0.5) is 0 Å². The summed E-state index contributed by atoms with van der Waals surface area (Å²) in [6, 6.07) is 14.7. The lowest BCUT2D eigenvalue weighted by Gasteiger charge is -2.22. The van der Waals surface area contributed by atoms with Crippen molar-refractivity contribution in [2.45, 2.75) is 32.4 Å². The maximum atomic E-state index is 13.1. The minimum Gasteiger partial charge on any atom is -0.465 e. The fraction of sp³-hybridized carbons (Fsp3) is 0.280. The molecule has 3 aromatic rings. The molecule has 0 saturated carbocycles. The molecule has 1 aromatic heterocycles. The Kier molecular flexibility index (Phi) is 9.51. The van der Waals surface area contributed by atoms with Crippen molar-refractivity contribution in [3.8, 4) is 11.3 Å². The normalized spacial score (nSPS) is 12.0. The Morgan fingerprint density at radius 3 is 2.41 bits per heavy atom. The predicted octanol–water partition coefficient (Wildman–Crippen LogP) is 2.09. The number of carbonyl (C=O) groups is 3. The SMILES string of the molecule is CC.COC(=O)c1cccc(-c2nn(C)cc2C(=O)NC(Cc2ccccc2)C(O)C(N)=O)c1. The van der Waals surface area contributed by atoms with Crippen LogP contribution >= 0.6 is 0 Å². The summed E-state index contributed by atoms with van der Waals surface area (Å²) in [5.74, 6) is -2.00. The molecule has 0 aliphatic rings. The van der Waals surface area contributed by atoms with E-state index in [-0.39, 0.29) is 12.0 Å². The molecule has 2 amide bonds. The van der Waals surface area contributed by atoms with Crippen LogP contribution in [0.15, 0.2) is 60.8 Å². The molecule has 0 radical (unpaired) electrons. The Morgan fingerprint density at radius 2 is 1.79 bits per heavy atom. The van der Waals surface area contributed by atoms with E-state index < -0.39 is 29.9 Å². The van der Waals surface area contributed by atoms with Gasteiger partial charge in [0.2, 0.25) is 5.91 Å². The number of hydrogen-bond acceptors (Lipinski definition) is 6. The molecule has 2 atom stereocenters. The van der Waals surface area contributed by atoms with E-state index in [4.69, 9.17) is 10.5 Å². The topological polar surface area (TPSA) is 137 Å². The van der Waals surface area contributed by atoms with Gasteiger partial charge in [-0.25, -0.2) is 4.79 Å². The van der Waals surface area contributed by atoms with E-state index in [1.54, 1.807) is 31.3 Å². The molecule has 9 nitrogen and oxygen atoms in total. The zero-order valence-electron chi connectivity index (χ0n) is 19.7. The maximum Gasteiger partial charge on any atom is 0.337 e. The lowest BCUT2D eigenvalue weighted by Crippen LogP contribution is -2.50. The summed E-state index contributed by atoms with van der Waals surface area (Å²) in [6.07, 6.45) is 0.137. The van der Waals surface area contributed by atoms with Crippen molar-refractivity contribution in [2.24, 2.45) is 12.8 Å². The molecular weight excluding hydrogens is 436 g/mol. The molecule has 0 saturated heterocycles. The Morgan fingerprint density at radius 1 is 1.12 bits per heavy atom. The second-order valence-corrected chi connectivity index (χ2v) is 7.25. The standard InChI is InChI=1S/C23H24N4O5.C2H6/c1-27-13-17(19(26-27)15-9-6-10-16(12-15)23(31)32-2)22(30)25-18(20(28)21(24)29)11-14-7-4-3-5-8-14;1-2/h3-10,12-13,18,20,28H,11H2,1-2H3,(H2,24,29)(H,25,30);1-2H3. The van der Waals surface area contributed by atoms with Crippen molar-refractivity contribution in [1.82, 2.24) is 15.1 Å². The predicted molar refractivity (Wildman–Crippen MR) is 128 cm³/mol. The molecule has 0 fully saturated rings. The number of ether oxygens (including phenoxy) is 1. The summed E-state index contributed by atoms with van der Waals surface area (Å²) >= 11 is 0. The van der Waals surface area contributed by atoms with Gasteiger partial charge in [0, 0.05) is 18.8 Å². The van der Waals surface area contributed by atoms with E-state index in [1.807, 2.05) is 44.2 Å². The summed E-state index contributed by atoms with van der Waals surface area (Å²) in [6.45, 7) is 4.00. The summed E-state index contributed by atoms with van der Waals surface area (Å²) < 4.78 is 6.22. The largest absolute Gasteiger partial charge is 0.465 e. The Labute approximate surface area is 198 Å². The molecule has 4 N–H and O–H groups in total. The van der Waals surface area contributed by atoms with Gasteiger partial charge in [-0.05, 0) is 24.1 Å². The van der Waals surface area contributed by atoms with Crippen molar-refractivity contribution < 1.29 is 24.2 Å². The third kappa shape index (κ3) is 6.52. The number of rotatable bonds is 8. The molecule has 9 heteroatoms. The maximum absolute atomic E-state index is 13.1. The van der Waals surface area contributed by atoms with Crippen molar-refractivity contribution >= 4 is 17.8 Å². The molecule has 1 heterocycles. The zero-order valence-corrected chi connectivity index (χ0v) is 19.7. The third-order valence-corrected chi connectivity index (χ3v) is 4.92. The number of hydrogen-bond donors (Lipinski definition) is 3. The van der Waals surface area contributed by atoms with E-state index in [0.717, 1.165) is 5.56 Å². The second kappa shape index (κ2) is 12.3. The van der Waals surface area contributed by atoms with Crippen LogP contribution in [0.3, 0.4) is 0 Å². The van der Waals surface area contributed by atoms with E-state index in [9.17, 15) is 19.5 Å². The van der Waals surface area contributed by atoms with Crippen LogP contribution in [0.2, 0.25) is 0 Å². The fourth-order valence-corrected chi connectivity index (χ4v) is 3.33. The molecule has 2 unspecified atom stereocenters. The number of methoxy groups -OCH3 is 1. The van der Waals surface area contributed by atoms with Gasteiger partial charge in [-0.2, -0.15) is 5.10 Å². The number of nitrogens with two attached hydrogens (primary N) is 1. The number of aromatic nitrogens is 2. The molecule has 0 bridgehead atoms. The van der Waals surface area contributed by atoms with Crippen LogP contribution in [0, 0.1) is 0 Å². The third-order valence-electron chi connectivity index (χ3n) is 4.92. The highest BCUT2D eigenvalue weighted by Crippen LogP contribution is 2.24. The second-order valence-electron chi connectivity index (χ2n) is 7.25. The number of nitrogens with zero attached hydrogens (tertiary/aromatic N) is 2. The van der Waals surface area contributed by atoms with Crippen LogP contribution < -0.4 is 11.1 Å². The van der Waals surface area contributed by atoms with Crippen LogP contribution in [-0.2, 0) is 23.0 Å². The van der Waals surface area contributed by atoms with Crippen LogP contribution in [0.1, 0.15) is 40.1 Å². The first-order chi connectivity index (χ1) is 16.3. The first kappa shape index (κ1) is 26.3. The average Bonchev–Trinajstić information content (AvgIpc) is 3.26. The minimum atomic E-state index is -1.58. The molecule has 180 valence electrons. The first-order valence-electron chi connectivity index (χ1n) is 10.8. The van der Waals surface area contributed by atoms with Gasteiger partial charge in [0.25, 0.3) is 5.91 Å². The van der Waals surface area contributed by atoms with Gasteiger partial charge in [-0.15, -0.1) is 0 Å². The van der Waals surface area contributed by atoms with Crippen LogP contribution in [0.5, 0.6) is 0 Å². The quantitative estimate of drug-likeness (QED) is 0.435. The summed E-state index contributed by atoms with van der Waals surface area (Å²) in [5.41, 5.74) is 7.50. The summed E-state index contributed by atoms with van der Waals surface area (Å²) in [7, 11) is 2.94. The van der Waals surface area contributed by atoms with E-state index in [2.05, 4.69) is 10.4 Å². The lowest BCUT2D eigenvalue weighted by atomic mass is 9.99. The number of benzene rings is 2. The zero-order chi connectivity index (χ0) is 25.3.